The van der Waals surface area contributed by atoms with E-state index in [-0.39, 0.29) is 11.8 Å². The second kappa shape index (κ2) is 8.43. The number of anilines is 2. The van der Waals surface area contributed by atoms with Crippen LogP contribution in [-0.4, -0.2) is 38.5 Å². The van der Waals surface area contributed by atoms with Gasteiger partial charge < -0.3 is 10.2 Å². The number of carbonyl (C=O) groups excluding carboxylic acids is 1. The number of piperidine rings is 1. The van der Waals surface area contributed by atoms with Gasteiger partial charge in [0.15, 0.2) is 0 Å². The van der Waals surface area contributed by atoms with Crippen LogP contribution in [0.2, 0.25) is 0 Å². The van der Waals surface area contributed by atoms with Crippen LogP contribution in [0.4, 0.5) is 11.5 Å². The van der Waals surface area contributed by atoms with Crippen LogP contribution in [0, 0.1) is 12.8 Å². The highest BCUT2D eigenvalue weighted by molar-refractivity contribution is 5.92. The van der Waals surface area contributed by atoms with Crippen LogP contribution >= 0.6 is 0 Å². The summed E-state index contributed by atoms with van der Waals surface area (Å²) in [5.74, 6) is 2.70. The minimum absolute atomic E-state index is 0.0225. The molecule has 0 radical (unpaired) electrons. The van der Waals surface area contributed by atoms with Crippen LogP contribution < -0.4 is 10.2 Å². The molecule has 0 aliphatic carbocycles. The summed E-state index contributed by atoms with van der Waals surface area (Å²) in [6, 6.07) is 10.1. The molecule has 29 heavy (non-hydrogen) atoms. The number of nitrogens with one attached hydrogen (secondary N) is 1. The summed E-state index contributed by atoms with van der Waals surface area (Å²) in [6.07, 6.45) is 7.85. The molecule has 0 saturated carbocycles. The summed E-state index contributed by atoms with van der Waals surface area (Å²) in [7, 11) is 0. The second-order valence-electron chi connectivity index (χ2n) is 7.38. The van der Waals surface area contributed by atoms with Gasteiger partial charge in [-0.3, -0.25) is 9.36 Å². The first-order chi connectivity index (χ1) is 14.1. The first-order valence-corrected chi connectivity index (χ1v) is 10.1. The van der Waals surface area contributed by atoms with E-state index in [0.717, 1.165) is 55.5 Å². The van der Waals surface area contributed by atoms with Crippen LogP contribution in [0.5, 0.6) is 0 Å². The quantitative estimate of drug-likeness (QED) is 0.723. The molecule has 4 rings (SSSR count). The Hall–Kier alpha value is -3.22. The van der Waals surface area contributed by atoms with Crippen molar-refractivity contribution in [1.29, 1.82) is 0 Å². The van der Waals surface area contributed by atoms with Gasteiger partial charge in [-0.15, -0.1) is 0 Å². The van der Waals surface area contributed by atoms with Crippen LogP contribution in [0.1, 0.15) is 31.2 Å². The molecule has 0 spiro atoms. The summed E-state index contributed by atoms with van der Waals surface area (Å²) in [5, 5.41) is 3.06. The van der Waals surface area contributed by atoms with Gasteiger partial charge in [-0.05, 0) is 43.9 Å². The molecule has 1 aliphatic rings. The lowest BCUT2D eigenvalue weighted by atomic mass is 9.95. The fourth-order valence-corrected chi connectivity index (χ4v) is 3.70. The summed E-state index contributed by atoms with van der Waals surface area (Å²) >= 11 is 0. The Morgan fingerprint density at radius 3 is 2.48 bits per heavy atom. The molecule has 7 heteroatoms. The van der Waals surface area contributed by atoms with E-state index in [1.807, 2.05) is 35.9 Å². The van der Waals surface area contributed by atoms with E-state index in [1.54, 1.807) is 12.5 Å². The molecule has 7 nitrogen and oxygen atoms in total. The van der Waals surface area contributed by atoms with Gasteiger partial charge in [0.05, 0.1) is 0 Å². The predicted molar refractivity (Wildman–Crippen MR) is 113 cm³/mol. The molecular formula is C22H26N6O. The van der Waals surface area contributed by atoms with E-state index in [9.17, 15) is 4.79 Å². The third-order valence-corrected chi connectivity index (χ3v) is 5.53. The smallest absolute Gasteiger partial charge is 0.227 e. The molecule has 0 unspecified atom stereocenters. The van der Waals surface area contributed by atoms with Crippen molar-refractivity contribution in [2.45, 2.75) is 33.1 Å². The number of imidazole rings is 1. The lowest BCUT2D eigenvalue weighted by molar-refractivity contribution is -0.120. The number of rotatable bonds is 5. The van der Waals surface area contributed by atoms with Crippen molar-refractivity contribution in [3.63, 3.8) is 0 Å². The third kappa shape index (κ3) is 4.29. The maximum absolute atomic E-state index is 12.6. The Balaban J connectivity index is 1.36. The summed E-state index contributed by atoms with van der Waals surface area (Å²) in [5.41, 5.74) is 2.14. The number of aromatic nitrogens is 4. The average molecular weight is 390 g/mol. The van der Waals surface area contributed by atoms with E-state index < -0.39 is 0 Å². The van der Waals surface area contributed by atoms with Crippen molar-refractivity contribution in [2.75, 3.05) is 23.3 Å². The largest absolute Gasteiger partial charge is 0.356 e. The van der Waals surface area contributed by atoms with Crippen molar-refractivity contribution in [3.05, 3.63) is 60.4 Å². The zero-order valence-corrected chi connectivity index (χ0v) is 16.9. The summed E-state index contributed by atoms with van der Waals surface area (Å²) < 4.78 is 1.94. The molecule has 1 amide bonds. The number of carbonyl (C=O) groups is 1. The minimum atomic E-state index is 0.0225. The van der Waals surface area contributed by atoms with Gasteiger partial charge in [0.25, 0.3) is 0 Å². The molecule has 1 saturated heterocycles. The van der Waals surface area contributed by atoms with E-state index in [0.29, 0.717) is 0 Å². The van der Waals surface area contributed by atoms with E-state index in [1.165, 1.54) is 5.56 Å². The summed E-state index contributed by atoms with van der Waals surface area (Å²) in [6.45, 7) is 5.67. The fourth-order valence-electron chi connectivity index (χ4n) is 3.70. The van der Waals surface area contributed by atoms with Gasteiger partial charge in [0.2, 0.25) is 5.91 Å². The number of hydrogen-bond donors (Lipinski definition) is 1. The number of amides is 1. The second-order valence-corrected chi connectivity index (χ2v) is 7.38. The minimum Gasteiger partial charge on any atom is -0.356 e. The topological polar surface area (TPSA) is 75.9 Å². The van der Waals surface area contributed by atoms with Crippen LogP contribution in [0.15, 0.2) is 49.1 Å². The highest BCUT2D eigenvalue weighted by atomic mass is 16.1. The number of hydrogen-bond acceptors (Lipinski definition) is 5. The normalized spacial score (nSPS) is 14.8. The number of nitrogens with zero attached hydrogens (tertiary/aromatic N) is 5. The van der Waals surface area contributed by atoms with Gasteiger partial charge in [0, 0.05) is 43.2 Å². The maximum Gasteiger partial charge on any atom is 0.227 e. The van der Waals surface area contributed by atoms with Gasteiger partial charge in [-0.1, -0.05) is 19.1 Å². The molecule has 1 aromatic carbocycles. The molecule has 3 aromatic rings. The van der Waals surface area contributed by atoms with Gasteiger partial charge in [0.1, 0.15) is 23.8 Å². The van der Waals surface area contributed by atoms with Crippen molar-refractivity contribution in [3.8, 4) is 5.82 Å². The first kappa shape index (κ1) is 19.1. The Kier molecular flexibility index (Phi) is 5.55. The SMILES string of the molecule is CCc1ccc(NC(=O)C2CCN(c3cc(-n4ccnc4C)ncn3)CC2)cc1. The van der Waals surface area contributed by atoms with Gasteiger partial charge in [-0.25, -0.2) is 15.0 Å². The molecule has 0 bridgehead atoms. The highest BCUT2D eigenvalue weighted by Gasteiger charge is 2.26. The first-order valence-electron chi connectivity index (χ1n) is 10.1. The average Bonchev–Trinajstić information content (AvgIpc) is 3.20. The number of benzene rings is 1. The van der Waals surface area contributed by atoms with Crippen molar-refractivity contribution in [2.24, 2.45) is 5.92 Å². The molecule has 1 aliphatic heterocycles. The van der Waals surface area contributed by atoms with Crippen molar-refractivity contribution < 1.29 is 4.79 Å². The maximum atomic E-state index is 12.6. The van der Waals surface area contributed by atoms with Crippen molar-refractivity contribution in [1.82, 2.24) is 19.5 Å². The predicted octanol–water partition coefficient (Wildman–Crippen LogP) is 3.39. The van der Waals surface area contributed by atoms with Crippen LogP contribution in [-0.2, 0) is 11.2 Å². The monoisotopic (exact) mass is 390 g/mol. The Morgan fingerprint density at radius 2 is 1.83 bits per heavy atom. The van der Waals surface area contributed by atoms with Crippen LogP contribution in [0.25, 0.3) is 5.82 Å². The fraction of sp³-hybridized carbons (Fsp3) is 0.364. The Bertz CT molecular complexity index is 973. The van der Waals surface area contributed by atoms with Crippen molar-refractivity contribution >= 4 is 17.4 Å². The summed E-state index contributed by atoms with van der Waals surface area (Å²) in [4.78, 5) is 27.9. The van der Waals surface area contributed by atoms with Gasteiger partial charge >= 0.3 is 0 Å². The zero-order valence-electron chi connectivity index (χ0n) is 16.9. The highest BCUT2D eigenvalue weighted by Crippen LogP contribution is 2.24. The molecule has 3 heterocycles. The zero-order chi connectivity index (χ0) is 20.2. The molecule has 2 aromatic heterocycles. The molecule has 0 atom stereocenters. The third-order valence-electron chi connectivity index (χ3n) is 5.53. The molecule has 1 fully saturated rings. The van der Waals surface area contributed by atoms with Crippen LogP contribution in [0.3, 0.4) is 0 Å². The van der Waals surface area contributed by atoms with E-state index >= 15 is 0 Å². The molecule has 150 valence electrons. The van der Waals surface area contributed by atoms with Gasteiger partial charge in [-0.2, -0.15) is 0 Å². The van der Waals surface area contributed by atoms with E-state index in [4.69, 9.17) is 0 Å². The Labute approximate surface area is 170 Å². The Morgan fingerprint density at radius 1 is 1.10 bits per heavy atom. The number of aryl methyl sites for hydroxylation is 2. The standard InChI is InChI=1S/C22H26N6O/c1-3-17-4-6-19(7-5-17)26-22(29)18-8-11-27(12-9-18)20-14-21(25-15-24-20)28-13-10-23-16(28)2/h4-7,10,13-15,18H,3,8-9,11-12H2,1-2H3,(H,26,29). The molecule has 1 N–H and O–H groups in total. The molecular weight excluding hydrogens is 364 g/mol. The lowest BCUT2D eigenvalue weighted by Gasteiger charge is -2.32. The lowest BCUT2D eigenvalue weighted by Crippen LogP contribution is -2.38. The van der Waals surface area contributed by atoms with E-state index in [2.05, 4.69) is 44.2 Å².